The van der Waals surface area contributed by atoms with Crippen LogP contribution in [0.1, 0.15) is 40.5 Å². The molecule has 0 bridgehead atoms. The molecule has 3 nitrogen and oxygen atoms in total. The van der Waals surface area contributed by atoms with Gasteiger partial charge in [0.05, 0.1) is 6.61 Å². The van der Waals surface area contributed by atoms with E-state index in [0.717, 1.165) is 26.2 Å². The lowest BCUT2D eigenvalue weighted by Gasteiger charge is -2.39. The van der Waals surface area contributed by atoms with Crippen LogP contribution in [0.3, 0.4) is 0 Å². The first-order chi connectivity index (χ1) is 8.05. The number of ether oxygens (including phenoxy) is 1. The lowest BCUT2D eigenvalue weighted by atomic mass is 9.81. The third-order valence-electron chi connectivity index (χ3n) is 3.90. The molecule has 0 aromatic carbocycles. The van der Waals surface area contributed by atoms with Crippen LogP contribution in [0.15, 0.2) is 0 Å². The molecule has 0 aromatic heterocycles. The molecule has 3 heteroatoms. The molecule has 0 aliphatic heterocycles. The number of rotatable bonds is 10. The maximum Gasteiger partial charge on any atom is 0.0589 e. The minimum absolute atomic E-state index is 0.396. The van der Waals surface area contributed by atoms with Crippen molar-refractivity contribution in [3.63, 3.8) is 0 Å². The lowest BCUT2D eigenvalue weighted by Crippen LogP contribution is -2.46. The highest BCUT2D eigenvalue weighted by Gasteiger charge is 2.28. The number of hydrogen-bond donors (Lipinski definition) is 1. The summed E-state index contributed by atoms with van der Waals surface area (Å²) in [5.41, 5.74) is 0.396. The van der Waals surface area contributed by atoms with Crippen molar-refractivity contribution in [2.24, 2.45) is 5.41 Å². The Morgan fingerprint density at radius 3 is 2.18 bits per heavy atom. The van der Waals surface area contributed by atoms with Crippen molar-refractivity contribution < 1.29 is 4.74 Å². The van der Waals surface area contributed by atoms with Crippen LogP contribution in [0.25, 0.3) is 0 Å². The summed E-state index contributed by atoms with van der Waals surface area (Å²) >= 11 is 0. The summed E-state index contributed by atoms with van der Waals surface area (Å²) in [6.45, 7) is 13.2. The second kappa shape index (κ2) is 8.90. The van der Waals surface area contributed by atoms with Crippen LogP contribution < -0.4 is 5.32 Å². The Hall–Kier alpha value is -0.120. The molecule has 0 rings (SSSR count). The van der Waals surface area contributed by atoms with Crippen LogP contribution in [-0.2, 0) is 4.74 Å². The first kappa shape index (κ1) is 16.9. The van der Waals surface area contributed by atoms with Gasteiger partial charge < -0.3 is 10.1 Å². The summed E-state index contributed by atoms with van der Waals surface area (Å²) in [5.74, 6) is 0. The molecule has 0 amide bonds. The van der Waals surface area contributed by atoms with E-state index in [1.165, 1.54) is 12.8 Å². The predicted octanol–water partition coefficient (Wildman–Crippen LogP) is 2.37. The number of nitrogens with zero attached hydrogens (tertiary/aromatic N) is 1. The standard InChI is InChI=1S/C14H32N2O/c1-7-14(8-2,11-15-5)12-16(13(3)4)9-10-17-6/h13,15H,7-12H2,1-6H3. The maximum absolute atomic E-state index is 5.21. The molecule has 0 unspecified atom stereocenters. The Kier molecular flexibility index (Phi) is 8.83. The van der Waals surface area contributed by atoms with Gasteiger partial charge in [0.15, 0.2) is 0 Å². The van der Waals surface area contributed by atoms with Crippen molar-refractivity contribution in [3.05, 3.63) is 0 Å². The van der Waals surface area contributed by atoms with Crippen LogP contribution in [0.4, 0.5) is 0 Å². The lowest BCUT2D eigenvalue weighted by molar-refractivity contribution is 0.0788. The predicted molar refractivity (Wildman–Crippen MR) is 75.5 cm³/mol. The molecule has 0 radical (unpaired) electrons. The molecule has 0 saturated carbocycles. The normalized spacial score (nSPS) is 12.7. The molecule has 17 heavy (non-hydrogen) atoms. The number of hydrogen-bond acceptors (Lipinski definition) is 3. The first-order valence-corrected chi connectivity index (χ1v) is 6.92. The smallest absolute Gasteiger partial charge is 0.0589 e. The Balaban J connectivity index is 4.54. The molecular weight excluding hydrogens is 212 g/mol. The second-order valence-electron chi connectivity index (χ2n) is 5.29. The zero-order chi connectivity index (χ0) is 13.3. The van der Waals surface area contributed by atoms with E-state index < -0.39 is 0 Å². The monoisotopic (exact) mass is 244 g/mol. The SMILES string of the molecule is CCC(CC)(CNC)CN(CCOC)C(C)C. The third-order valence-corrected chi connectivity index (χ3v) is 3.90. The summed E-state index contributed by atoms with van der Waals surface area (Å²) in [4.78, 5) is 2.54. The molecule has 1 N–H and O–H groups in total. The number of nitrogens with one attached hydrogen (secondary N) is 1. The molecule has 0 saturated heterocycles. The van der Waals surface area contributed by atoms with Crippen LogP contribution >= 0.6 is 0 Å². The quantitative estimate of drug-likeness (QED) is 0.638. The van der Waals surface area contributed by atoms with Gasteiger partial charge in [-0.1, -0.05) is 13.8 Å². The Morgan fingerprint density at radius 2 is 1.82 bits per heavy atom. The van der Waals surface area contributed by atoms with E-state index in [0.29, 0.717) is 11.5 Å². The van der Waals surface area contributed by atoms with Crippen LogP contribution in [0.2, 0.25) is 0 Å². The summed E-state index contributed by atoms with van der Waals surface area (Å²) in [5, 5.41) is 3.35. The van der Waals surface area contributed by atoms with Gasteiger partial charge in [0.25, 0.3) is 0 Å². The zero-order valence-electron chi connectivity index (χ0n) is 12.7. The molecule has 0 fully saturated rings. The van der Waals surface area contributed by atoms with E-state index in [9.17, 15) is 0 Å². The molecule has 104 valence electrons. The summed E-state index contributed by atoms with van der Waals surface area (Å²) < 4.78 is 5.21. The summed E-state index contributed by atoms with van der Waals surface area (Å²) in [6, 6.07) is 0.583. The summed E-state index contributed by atoms with van der Waals surface area (Å²) in [6.07, 6.45) is 2.45. The van der Waals surface area contributed by atoms with Crippen LogP contribution in [0.5, 0.6) is 0 Å². The van der Waals surface area contributed by atoms with Crippen molar-refractivity contribution in [2.45, 2.75) is 46.6 Å². The van der Waals surface area contributed by atoms with E-state index in [2.05, 4.69) is 45.0 Å². The fourth-order valence-electron chi connectivity index (χ4n) is 2.31. The Bertz CT molecular complexity index is 179. The van der Waals surface area contributed by atoms with Gasteiger partial charge in [-0.25, -0.2) is 0 Å². The van der Waals surface area contributed by atoms with Gasteiger partial charge in [0, 0.05) is 32.8 Å². The molecule has 0 aliphatic rings. The van der Waals surface area contributed by atoms with Gasteiger partial charge in [-0.05, 0) is 39.2 Å². The van der Waals surface area contributed by atoms with Gasteiger partial charge >= 0.3 is 0 Å². The molecule has 0 aromatic rings. The van der Waals surface area contributed by atoms with Crippen LogP contribution in [0, 0.1) is 5.41 Å². The summed E-state index contributed by atoms with van der Waals surface area (Å²) in [7, 11) is 3.83. The fraction of sp³-hybridized carbons (Fsp3) is 1.00. The average molecular weight is 244 g/mol. The number of methoxy groups -OCH3 is 1. The van der Waals surface area contributed by atoms with Gasteiger partial charge in [-0.3, -0.25) is 4.90 Å². The van der Waals surface area contributed by atoms with Crippen molar-refractivity contribution >= 4 is 0 Å². The first-order valence-electron chi connectivity index (χ1n) is 6.92. The van der Waals surface area contributed by atoms with Crippen molar-refractivity contribution in [1.29, 1.82) is 0 Å². The highest BCUT2D eigenvalue weighted by molar-refractivity contribution is 4.83. The minimum atomic E-state index is 0.396. The van der Waals surface area contributed by atoms with Crippen molar-refractivity contribution in [3.8, 4) is 0 Å². The molecule has 0 aliphatic carbocycles. The third kappa shape index (κ3) is 5.84. The molecule has 0 spiro atoms. The van der Waals surface area contributed by atoms with Gasteiger partial charge in [0.2, 0.25) is 0 Å². The van der Waals surface area contributed by atoms with E-state index in [1.807, 2.05) is 0 Å². The van der Waals surface area contributed by atoms with Crippen molar-refractivity contribution in [2.75, 3.05) is 40.4 Å². The van der Waals surface area contributed by atoms with E-state index in [-0.39, 0.29) is 0 Å². The van der Waals surface area contributed by atoms with E-state index in [4.69, 9.17) is 4.74 Å². The fourth-order valence-corrected chi connectivity index (χ4v) is 2.31. The Morgan fingerprint density at radius 1 is 1.24 bits per heavy atom. The van der Waals surface area contributed by atoms with Crippen LogP contribution in [-0.4, -0.2) is 51.3 Å². The van der Waals surface area contributed by atoms with Crippen molar-refractivity contribution in [1.82, 2.24) is 10.2 Å². The average Bonchev–Trinajstić information content (AvgIpc) is 2.33. The second-order valence-corrected chi connectivity index (χ2v) is 5.29. The van der Waals surface area contributed by atoms with Gasteiger partial charge in [0.1, 0.15) is 0 Å². The zero-order valence-corrected chi connectivity index (χ0v) is 12.7. The highest BCUT2D eigenvalue weighted by atomic mass is 16.5. The van der Waals surface area contributed by atoms with Gasteiger partial charge in [-0.15, -0.1) is 0 Å². The Labute approximate surface area is 108 Å². The van der Waals surface area contributed by atoms with Gasteiger partial charge in [-0.2, -0.15) is 0 Å². The highest BCUT2D eigenvalue weighted by Crippen LogP contribution is 2.27. The maximum atomic E-state index is 5.21. The largest absolute Gasteiger partial charge is 0.383 e. The molecule has 0 heterocycles. The molecule has 0 atom stereocenters. The van der Waals surface area contributed by atoms with E-state index >= 15 is 0 Å². The van der Waals surface area contributed by atoms with E-state index in [1.54, 1.807) is 7.11 Å². The molecular formula is C14H32N2O. The minimum Gasteiger partial charge on any atom is -0.383 e. The topological polar surface area (TPSA) is 24.5 Å².